The van der Waals surface area contributed by atoms with E-state index in [0.29, 0.717) is 17.4 Å². The number of carbonyl (C=O) groups is 2. The smallest absolute Gasteiger partial charge is 0.359 e. The second-order valence-electron chi connectivity index (χ2n) is 9.43. The van der Waals surface area contributed by atoms with E-state index >= 15 is 0 Å². The van der Waals surface area contributed by atoms with E-state index in [1.165, 1.54) is 32.1 Å². The number of carbonyl (C=O) groups excluding carboxylic acids is 1. The molecule has 1 atom stereocenters. The molecule has 0 heterocycles. The van der Waals surface area contributed by atoms with E-state index in [-0.39, 0.29) is 18.6 Å². The van der Waals surface area contributed by atoms with E-state index in [2.05, 4.69) is 24.4 Å². The van der Waals surface area contributed by atoms with Crippen LogP contribution in [0.25, 0.3) is 0 Å². The van der Waals surface area contributed by atoms with Gasteiger partial charge in [0.25, 0.3) is 0 Å². The lowest BCUT2D eigenvalue weighted by Gasteiger charge is -2.27. The van der Waals surface area contributed by atoms with E-state index in [9.17, 15) is 14.7 Å². The first kappa shape index (κ1) is 29.6. The first-order valence-electron chi connectivity index (χ1n) is 12.4. The van der Waals surface area contributed by atoms with E-state index in [4.69, 9.17) is 5.11 Å². The average molecular weight is 442 g/mol. The van der Waals surface area contributed by atoms with Crippen LogP contribution < -0.4 is 5.32 Å². The zero-order valence-electron chi connectivity index (χ0n) is 20.4. The lowest BCUT2D eigenvalue weighted by Crippen LogP contribution is -2.45. The summed E-state index contributed by atoms with van der Waals surface area (Å²) in [7, 11) is 3.79. The van der Waals surface area contributed by atoms with Crippen molar-refractivity contribution >= 4 is 11.9 Å². The third-order valence-corrected chi connectivity index (χ3v) is 5.57. The Bertz CT molecular complexity index is 492. The Morgan fingerprint density at radius 3 is 2.32 bits per heavy atom. The minimum absolute atomic E-state index is 0.0970. The monoisotopic (exact) mass is 441 g/mol. The SMILES string of the molecule is CCCCCCC(O)CC=CCCCCCCCC(=O)NCCC[N+](C)(C)CC(=O)O. The summed E-state index contributed by atoms with van der Waals surface area (Å²) in [5.74, 6) is -0.697. The normalized spacial score (nSPS) is 12.9. The summed E-state index contributed by atoms with van der Waals surface area (Å²) in [4.78, 5) is 22.7. The van der Waals surface area contributed by atoms with Crippen molar-refractivity contribution in [2.45, 2.75) is 103 Å². The van der Waals surface area contributed by atoms with Gasteiger partial charge in [0, 0.05) is 19.4 Å². The molecule has 0 bridgehead atoms. The topological polar surface area (TPSA) is 86.6 Å². The molecule has 31 heavy (non-hydrogen) atoms. The molecule has 182 valence electrons. The highest BCUT2D eigenvalue weighted by molar-refractivity contribution is 5.75. The van der Waals surface area contributed by atoms with Crippen LogP contribution in [0.3, 0.4) is 0 Å². The van der Waals surface area contributed by atoms with Crippen molar-refractivity contribution in [3.05, 3.63) is 12.2 Å². The molecule has 1 amide bonds. The number of unbranched alkanes of at least 4 members (excludes halogenated alkanes) is 8. The fourth-order valence-corrected chi connectivity index (χ4v) is 3.64. The summed E-state index contributed by atoms with van der Waals surface area (Å²) < 4.78 is 0.431. The molecule has 6 heteroatoms. The van der Waals surface area contributed by atoms with E-state index < -0.39 is 5.97 Å². The summed E-state index contributed by atoms with van der Waals surface area (Å²) in [6.07, 6.45) is 18.6. The van der Waals surface area contributed by atoms with Crippen molar-refractivity contribution in [3.63, 3.8) is 0 Å². The molecule has 0 fully saturated rings. The number of hydrogen-bond acceptors (Lipinski definition) is 3. The predicted octanol–water partition coefficient (Wildman–Crippen LogP) is 4.66. The highest BCUT2D eigenvalue weighted by Crippen LogP contribution is 2.10. The number of nitrogens with zero attached hydrogens (tertiary/aromatic N) is 1. The molecule has 0 aliphatic rings. The Kier molecular flexibility index (Phi) is 18.4. The van der Waals surface area contributed by atoms with Gasteiger partial charge in [0.1, 0.15) is 0 Å². The van der Waals surface area contributed by atoms with Crippen LogP contribution in [0.1, 0.15) is 96.8 Å². The number of amides is 1. The molecule has 1 unspecified atom stereocenters. The molecule has 0 radical (unpaired) electrons. The molecule has 0 spiro atoms. The average Bonchev–Trinajstić information content (AvgIpc) is 2.69. The van der Waals surface area contributed by atoms with Crippen molar-refractivity contribution < 1.29 is 24.3 Å². The Morgan fingerprint density at radius 1 is 0.935 bits per heavy atom. The maximum absolute atomic E-state index is 11.9. The number of aliphatic hydroxyl groups is 1. The van der Waals surface area contributed by atoms with Crippen LogP contribution in [-0.4, -0.2) is 66.4 Å². The van der Waals surface area contributed by atoms with Crippen LogP contribution in [-0.2, 0) is 9.59 Å². The molecule has 0 rings (SSSR count). The molecule has 0 aromatic rings. The van der Waals surface area contributed by atoms with Crippen LogP contribution in [0.5, 0.6) is 0 Å². The van der Waals surface area contributed by atoms with Crippen molar-refractivity contribution in [2.75, 3.05) is 33.7 Å². The molecular weight excluding hydrogens is 392 g/mol. The molecule has 0 aliphatic heterocycles. The van der Waals surface area contributed by atoms with Gasteiger partial charge in [-0.05, 0) is 32.1 Å². The van der Waals surface area contributed by atoms with Crippen molar-refractivity contribution in [2.24, 2.45) is 0 Å². The van der Waals surface area contributed by atoms with Crippen LogP contribution in [0.15, 0.2) is 12.2 Å². The van der Waals surface area contributed by atoms with Gasteiger partial charge in [-0.15, -0.1) is 0 Å². The van der Waals surface area contributed by atoms with Crippen LogP contribution >= 0.6 is 0 Å². The predicted molar refractivity (Wildman–Crippen MR) is 128 cm³/mol. The van der Waals surface area contributed by atoms with Gasteiger partial charge in [-0.2, -0.15) is 0 Å². The molecule has 6 nitrogen and oxygen atoms in total. The van der Waals surface area contributed by atoms with Crippen molar-refractivity contribution in [3.8, 4) is 0 Å². The maximum Gasteiger partial charge on any atom is 0.359 e. The first-order valence-corrected chi connectivity index (χ1v) is 12.4. The Hall–Kier alpha value is -1.40. The number of quaternary nitrogens is 1. The minimum atomic E-state index is -0.794. The van der Waals surface area contributed by atoms with Gasteiger partial charge in [-0.1, -0.05) is 64.0 Å². The van der Waals surface area contributed by atoms with Gasteiger partial charge >= 0.3 is 5.97 Å². The van der Waals surface area contributed by atoms with Crippen molar-refractivity contribution in [1.29, 1.82) is 0 Å². The number of nitrogens with one attached hydrogen (secondary N) is 1. The van der Waals surface area contributed by atoms with Crippen LogP contribution in [0.2, 0.25) is 0 Å². The van der Waals surface area contributed by atoms with Gasteiger partial charge in [0.2, 0.25) is 5.91 Å². The highest BCUT2D eigenvalue weighted by Gasteiger charge is 2.18. The minimum Gasteiger partial charge on any atom is -0.477 e. The van der Waals surface area contributed by atoms with Crippen LogP contribution in [0.4, 0.5) is 0 Å². The van der Waals surface area contributed by atoms with E-state index in [1.54, 1.807) is 0 Å². The molecule has 0 aliphatic carbocycles. The number of carboxylic acids is 1. The number of allylic oxidation sites excluding steroid dienone is 1. The molecule has 0 saturated carbocycles. The zero-order chi connectivity index (χ0) is 23.4. The van der Waals surface area contributed by atoms with Crippen LogP contribution in [0, 0.1) is 0 Å². The Morgan fingerprint density at radius 2 is 1.61 bits per heavy atom. The van der Waals surface area contributed by atoms with Crippen molar-refractivity contribution in [1.82, 2.24) is 5.32 Å². The summed E-state index contributed by atoms with van der Waals surface area (Å²) in [6.45, 7) is 3.65. The summed E-state index contributed by atoms with van der Waals surface area (Å²) in [5.41, 5.74) is 0. The fourth-order valence-electron chi connectivity index (χ4n) is 3.64. The second kappa shape index (κ2) is 19.3. The van der Waals surface area contributed by atoms with Gasteiger partial charge in [0.05, 0.1) is 26.7 Å². The third-order valence-electron chi connectivity index (χ3n) is 5.57. The highest BCUT2D eigenvalue weighted by atomic mass is 16.4. The standard InChI is InChI=1S/C25H48N2O4/c1-4-5-6-13-17-23(28)18-14-11-9-7-8-10-12-15-19-24(29)26-20-16-21-27(2,3)22-25(30)31/h11,14,23,28H,4-10,12-13,15-22H2,1-3H3,(H-,26,29,30,31)/p+1. The summed E-state index contributed by atoms with van der Waals surface area (Å²) in [5, 5.41) is 21.7. The largest absolute Gasteiger partial charge is 0.477 e. The second-order valence-corrected chi connectivity index (χ2v) is 9.43. The molecular formula is C25H49N2O4+. The van der Waals surface area contributed by atoms with Gasteiger partial charge in [-0.3, -0.25) is 4.79 Å². The van der Waals surface area contributed by atoms with Gasteiger partial charge < -0.3 is 20.0 Å². The number of carboxylic acid groups (broad SMARTS) is 1. The Balaban J connectivity index is 3.48. The zero-order valence-corrected chi connectivity index (χ0v) is 20.4. The summed E-state index contributed by atoms with van der Waals surface area (Å²) in [6, 6.07) is 0. The Labute approximate surface area is 190 Å². The third kappa shape index (κ3) is 21.6. The number of rotatable bonds is 21. The van der Waals surface area contributed by atoms with Gasteiger partial charge in [-0.25, -0.2) is 4.79 Å². The lowest BCUT2D eigenvalue weighted by molar-refractivity contribution is -0.883. The molecule has 0 aromatic heterocycles. The fraction of sp³-hybridized carbons (Fsp3) is 0.840. The number of hydrogen-bond donors (Lipinski definition) is 3. The number of likely N-dealkylation sites (N-methyl/N-ethyl adjacent to an activating group) is 1. The number of aliphatic carboxylic acids is 1. The quantitative estimate of drug-likeness (QED) is 0.137. The van der Waals surface area contributed by atoms with E-state index in [0.717, 1.165) is 57.9 Å². The maximum atomic E-state index is 11.9. The molecule has 3 N–H and O–H groups in total. The number of aliphatic hydroxyl groups excluding tert-OH is 1. The summed E-state index contributed by atoms with van der Waals surface area (Å²) >= 11 is 0. The molecule has 0 aromatic carbocycles. The first-order chi connectivity index (χ1) is 14.8. The van der Waals surface area contributed by atoms with E-state index in [1.807, 2.05) is 14.1 Å². The molecule has 0 saturated heterocycles. The lowest BCUT2D eigenvalue weighted by atomic mass is 10.1. The van der Waals surface area contributed by atoms with Gasteiger partial charge in [0.15, 0.2) is 6.54 Å².